The third-order valence-corrected chi connectivity index (χ3v) is 8.11. The molecule has 1 fully saturated rings. The van der Waals surface area contributed by atoms with Crippen molar-refractivity contribution in [3.8, 4) is 0 Å². The molecule has 0 atom stereocenters. The van der Waals surface area contributed by atoms with Crippen LogP contribution in [0.2, 0.25) is 0 Å². The van der Waals surface area contributed by atoms with Gasteiger partial charge in [-0.25, -0.2) is 17.6 Å². The topological polar surface area (TPSA) is 0 Å². The number of hydrogen-bond donors (Lipinski definition) is 0. The highest BCUT2D eigenvalue weighted by Gasteiger charge is 2.23. The highest BCUT2D eigenvalue weighted by molar-refractivity contribution is 5.76. The van der Waals surface area contributed by atoms with E-state index in [0.29, 0.717) is 40.5 Å². The fourth-order valence-electron chi connectivity index (χ4n) is 5.43. The second kappa shape index (κ2) is 12.8. The number of halogens is 4. The van der Waals surface area contributed by atoms with E-state index in [0.717, 1.165) is 24.0 Å². The first-order chi connectivity index (χ1) is 17.5. The summed E-state index contributed by atoms with van der Waals surface area (Å²) in [5.74, 6) is -0.293. The molecule has 0 aliphatic heterocycles. The predicted octanol–water partition coefficient (Wildman–Crippen LogP) is 10.2. The smallest absolute Gasteiger partial charge is 0.134 e. The third-order valence-electron chi connectivity index (χ3n) is 8.11. The SMILES string of the molecule is C=C/C(=C\C(F)=C(/C)Cc1cc(C)c(C)c(F)c1)c1c(F)cc(CCC2CCC(C(C)C)CC2)cc1F. The van der Waals surface area contributed by atoms with Crippen LogP contribution in [0.3, 0.4) is 0 Å². The standard InChI is InChI=1S/C33H40F4/c1-7-27(19-29(34)22(5)15-26-14-21(4)23(6)30(35)18-26)33-31(36)16-25(17-32(33)37)9-8-24-10-12-28(13-11-24)20(2)3/h7,14,16-20,24,28H,1,8-13,15H2,2-6H3/b27-19+,29-22-. The van der Waals surface area contributed by atoms with E-state index in [2.05, 4.69) is 20.4 Å². The van der Waals surface area contributed by atoms with Gasteiger partial charge in [-0.2, -0.15) is 0 Å². The van der Waals surface area contributed by atoms with Gasteiger partial charge < -0.3 is 0 Å². The summed E-state index contributed by atoms with van der Waals surface area (Å²) >= 11 is 0. The quantitative estimate of drug-likeness (QED) is 0.232. The van der Waals surface area contributed by atoms with Crippen molar-refractivity contribution < 1.29 is 17.6 Å². The number of allylic oxidation sites excluding steroid dienone is 5. The molecule has 1 saturated carbocycles. The summed E-state index contributed by atoms with van der Waals surface area (Å²) in [5, 5.41) is 0. The Morgan fingerprint density at radius 1 is 0.946 bits per heavy atom. The summed E-state index contributed by atoms with van der Waals surface area (Å²) in [5.41, 5.74) is 2.71. The van der Waals surface area contributed by atoms with E-state index < -0.39 is 17.5 Å². The van der Waals surface area contributed by atoms with Crippen molar-refractivity contribution in [2.24, 2.45) is 17.8 Å². The van der Waals surface area contributed by atoms with Crippen molar-refractivity contribution in [1.29, 1.82) is 0 Å². The zero-order chi connectivity index (χ0) is 27.3. The molecule has 1 aliphatic carbocycles. The van der Waals surface area contributed by atoms with Crippen LogP contribution in [0.4, 0.5) is 17.6 Å². The first kappa shape index (κ1) is 28.9. The largest absolute Gasteiger partial charge is 0.207 e. The van der Waals surface area contributed by atoms with Crippen molar-refractivity contribution in [3.63, 3.8) is 0 Å². The summed E-state index contributed by atoms with van der Waals surface area (Å²) in [6, 6.07) is 5.94. The lowest BCUT2D eigenvalue weighted by Crippen LogP contribution is -2.19. The second-order valence-corrected chi connectivity index (χ2v) is 11.1. The Morgan fingerprint density at radius 3 is 2.08 bits per heavy atom. The molecule has 0 heterocycles. The Balaban J connectivity index is 1.74. The maximum Gasteiger partial charge on any atom is 0.134 e. The van der Waals surface area contributed by atoms with E-state index in [4.69, 9.17) is 0 Å². The van der Waals surface area contributed by atoms with Gasteiger partial charge in [0, 0.05) is 0 Å². The fourth-order valence-corrected chi connectivity index (χ4v) is 5.43. The van der Waals surface area contributed by atoms with E-state index in [1.165, 1.54) is 50.0 Å². The number of rotatable bonds is 9. The van der Waals surface area contributed by atoms with Crippen LogP contribution >= 0.6 is 0 Å². The van der Waals surface area contributed by atoms with Gasteiger partial charge in [0.2, 0.25) is 0 Å². The Hall–Kier alpha value is -2.62. The molecule has 0 spiro atoms. The Kier molecular flexibility index (Phi) is 9.98. The minimum absolute atomic E-state index is 0.0386. The number of hydrogen-bond acceptors (Lipinski definition) is 0. The zero-order valence-electron chi connectivity index (χ0n) is 22.9. The normalized spacial score (nSPS) is 19.2. The molecular weight excluding hydrogens is 472 g/mol. The molecule has 0 aromatic heterocycles. The van der Waals surface area contributed by atoms with Gasteiger partial charge in [-0.1, -0.05) is 45.4 Å². The summed E-state index contributed by atoms with van der Waals surface area (Å²) in [6.45, 7) is 13.3. The molecule has 0 saturated heterocycles. The second-order valence-electron chi connectivity index (χ2n) is 11.1. The van der Waals surface area contributed by atoms with Crippen LogP contribution < -0.4 is 0 Å². The Bertz CT molecular complexity index is 1130. The lowest BCUT2D eigenvalue weighted by atomic mass is 9.75. The molecule has 37 heavy (non-hydrogen) atoms. The fraction of sp³-hybridized carbons (Fsp3) is 0.455. The van der Waals surface area contributed by atoms with Crippen LogP contribution in [0.25, 0.3) is 5.57 Å². The average molecular weight is 513 g/mol. The summed E-state index contributed by atoms with van der Waals surface area (Å²) < 4.78 is 59.3. The van der Waals surface area contributed by atoms with Crippen molar-refractivity contribution in [2.45, 2.75) is 79.6 Å². The molecule has 0 radical (unpaired) electrons. The first-order valence-corrected chi connectivity index (χ1v) is 13.4. The van der Waals surface area contributed by atoms with Gasteiger partial charge in [0.15, 0.2) is 0 Å². The van der Waals surface area contributed by atoms with Crippen molar-refractivity contribution in [1.82, 2.24) is 0 Å². The van der Waals surface area contributed by atoms with Gasteiger partial charge in [-0.05, 0) is 128 Å². The Morgan fingerprint density at radius 2 is 1.54 bits per heavy atom. The van der Waals surface area contributed by atoms with E-state index >= 15 is 13.2 Å². The number of benzene rings is 2. The Labute approximate surface area is 220 Å². The summed E-state index contributed by atoms with van der Waals surface area (Å²) in [4.78, 5) is 0. The van der Waals surface area contributed by atoms with Crippen LogP contribution in [0, 0.1) is 49.1 Å². The predicted molar refractivity (Wildman–Crippen MR) is 147 cm³/mol. The molecule has 0 amide bonds. The molecule has 0 nitrogen and oxygen atoms in total. The van der Waals surface area contributed by atoms with E-state index in [9.17, 15) is 4.39 Å². The van der Waals surface area contributed by atoms with E-state index in [-0.39, 0.29) is 23.4 Å². The van der Waals surface area contributed by atoms with Gasteiger partial charge in [0.1, 0.15) is 23.3 Å². The molecular formula is C33H40F4. The molecule has 1 aliphatic rings. The lowest BCUT2D eigenvalue weighted by Gasteiger charge is -2.30. The monoisotopic (exact) mass is 512 g/mol. The van der Waals surface area contributed by atoms with Crippen LogP contribution in [0.15, 0.2) is 54.4 Å². The van der Waals surface area contributed by atoms with Gasteiger partial charge in [-0.3, -0.25) is 0 Å². The average Bonchev–Trinajstić information content (AvgIpc) is 2.85. The summed E-state index contributed by atoms with van der Waals surface area (Å²) in [7, 11) is 0. The van der Waals surface area contributed by atoms with Gasteiger partial charge in [0.05, 0.1) is 5.56 Å². The van der Waals surface area contributed by atoms with E-state index in [1.807, 2.05) is 6.07 Å². The highest BCUT2D eigenvalue weighted by Crippen LogP contribution is 2.36. The van der Waals surface area contributed by atoms with E-state index in [1.54, 1.807) is 20.8 Å². The van der Waals surface area contributed by atoms with Crippen LogP contribution in [0.1, 0.15) is 80.7 Å². The van der Waals surface area contributed by atoms with Gasteiger partial charge >= 0.3 is 0 Å². The molecule has 200 valence electrons. The third kappa shape index (κ3) is 7.46. The van der Waals surface area contributed by atoms with Crippen molar-refractivity contribution >= 4 is 5.57 Å². The molecule has 4 heteroatoms. The van der Waals surface area contributed by atoms with Gasteiger partial charge in [0.25, 0.3) is 0 Å². The minimum Gasteiger partial charge on any atom is -0.207 e. The maximum atomic E-state index is 15.1. The van der Waals surface area contributed by atoms with Gasteiger partial charge in [-0.15, -0.1) is 0 Å². The first-order valence-electron chi connectivity index (χ1n) is 13.4. The molecule has 0 unspecified atom stereocenters. The van der Waals surface area contributed by atoms with Crippen LogP contribution in [0.5, 0.6) is 0 Å². The lowest BCUT2D eigenvalue weighted by molar-refractivity contribution is 0.217. The molecule has 3 rings (SSSR count). The molecule has 0 bridgehead atoms. The van der Waals surface area contributed by atoms with Crippen LogP contribution in [-0.4, -0.2) is 0 Å². The zero-order valence-corrected chi connectivity index (χ0v) is 22.9. The number of aryl methyl sites for hydroxylation is 2. The van der Waals surface area contributed by atoms with Crippen molar-refractivity contribution in [3.05, 3.63) is 99.7 Å². The van der Waals surface area contributed by atoms with Crippen molar-refractivity contribution in [2.75, 3.05) is 0 Å². The summed E-state index contributed by atoms with van der Waals surface area (Å²) in [6.07, 6.45) is 8.91. The molecule has 0 N–H and O–H groups in total. The van der Waals surface area contributed by atoms with Crippen LogP contribution in [-0.2, 0) is 12.8 Å². The maximum absolute atomic E-state index is 15.1. The highest BCUT2D eigenvalue weighted by atomic mass is 19.1. The minimum atomic E-state index is -0.716. The molecule has 2 aromatic carbocycles. The molecule has 2 aromatic rings.